The van der Waals surface area contributed by atoms with Crippen LogP contribution < -0.4 is 11.1 Å². The Labute approximate surface area is 108 Å². The lowest BCUT2D eigenvalue weighted by Crippen LogP contribution is -2.26. The fourth-order valence-corrected chi connectivity index (χ4v) is 3.60. The van der Waals surface area contributed by atoms with Gasteiger partial charge in [-0.05, 0) is 36.6 Å². The molecule has 3 N–H and O–H groups in total. The molecule has 0 bridgehead atoms. The lowest BCUT2D eigenvalue weighted by atomic mass is 10.1. The second-order valence-electron chi connectivity index (χ2n) is 4.67. The number of nitrogens with two attached hydrogens (primary N) is 1. The Balaban J connectivity index is 1.78. The zero-order valence-corrected chi connectivity index (χ0v) is 11.3. The standard InChI is InChI=1S/C14H22N2S/c1-2-17-13-8-7-12(9-13)16-10-11-5-3-4-6-14(11)15/h3-6,12-13,16H,2,7-10,15H2,1H3. The summed E-state index contributed by atoms with van der Waals surface area (Å²) in [6.45, 7) is 3.15. The average molecular weight is 250 g/mol. The molecular formula is C14H22N2S. The first-order valence-electron chi connectivity index (χ1n) is 6.48. The number of thioether (sulfide) groups is 1. The zero-order chi connectivity index (χ0) is 12.1. The quantitative estimate of drug-likeness (QED) is 0.789. The average Bonchev–Trinajstić information content (AvgIpc) is 2.76. The van der Waals surface area contributed by atoms with Gasteiger partial charge >= 0.3 is 0 Å². The summed E-state index contributed by atoms with van der Waals surface area (Å²) in [6, 6.07) is 8.80. The lowest BCUT2D eigenvalue weighted by Gasteiger charge is -2.14. The normalized spacial score (nSPS) is 24.1. The number of nitrogens with one attached hydrogen (secondary N) is 1. The Morgan fingerprint density at radius 3 is 2.94 bits per heavy atom. The van der Waals surface area contributed by atoms with Gasteiger partial charge in [0.1, 0.15) is 0 Å². The Bertz CT molecular complexity index is 354. The number of nitrogen functional groups attached to an aromatic ring is 1. The van der Waals surface area contributed by atoms with Crippen LogP contribution in [0.1, 0.15) is 31.7 Å². The van der Waals surface area contributed by atoms with Crippen molar-refractivity contribution >= 4 is 17.4 Å². The minimum Gasteiger partial charge on any atom is -0.398 e. The van der Waals surface area contributed by atoms with E-state index in [9.17, 15) is 0 Å². The van der Waals surface area contributed by atoms with Crippen LogP contribution >= 0.6 is 11.8 Å². The number of hydrogen-bond donors (Lipinski definition) is 2. The van der Waals surface area contributed by atoms with Crippen molar-refractivity contribution in [3.8, 4) is 0 Å². The van der Waals surface area contributed by atoms with E-state index in [4.69, 9.17) is 5.73 Å². The van der Waals surface area contributed by atoms with Crippen molar-refractivity contribution in [1.29, 1.82) is 0 Å². The summed E-state index contributed by atoms with van der Waals surface area (Å²) in [4.78, 5) is 0. The molecule has 0 spiro atoms. The number of para-hydroxylation sites is 1. The molecule has 2 unspecified atom stereocenters. The van der Waals surface area contributed by atoms with Crippen molar-refractivity contribution in [1.82, 2.24) is 5.32 Å². The van der Waals surface area contributed by atoms with Gasteiger partial charge in [-0.2, -0.15) is 11.8 Å². The molecule has 2 atom stereocenters. The van der Waals surface area contributed by atoms with Crippen molar-refractivity contribution in [2.24, 2.45) is 0 Å². The van der Waals surface area contributed by atoms with Gasteiger partial charge in [0.25, 0.3) is 0 Å². The Hall–Kier alpha value is -0.670. The van der Waals surface area contributed by atoms with E-state index in [0.717, 1.165) is 17.5 Å². The van der Waals surface area contributed by atoms with E-state index in [1.54, 1.807) is 0 Å². The van der Waals surface area contributed by atoms with Crippen LogP contribution in [-0.2, 0) is 6.54 Å². The summed E-state index contributed by atoms with van der Waals surface area (Å²) in [5.74, 6) is 1.24. The number of hydrogen-bond acceptors (Lipinski definition) is 3. The third-order valence-corrected chi connectivity index (χ3v) is 4.66. The van der Waals surface area contributed by atoms with E-state index in [1.165, 1.54) is 30.6 Å². The molecule has 1 aliphatic rings. The van der Waals surface area contributed by atoms with Crippen LogP contribution in [0.15, 0.2) is 24.3 Å². The topological polar surface area (TPSA) is 38.0 Å². The van der Waals surface area contributed by atoms with Crippen molar-refractivity contribution in [2.45, 2.75) is 44.0 Å². The van der Waals surface area contributed by atoms with Gasteiger partial charge in [0.05, 0.1) is 0 Å². The zero-order valence-electron chi connectivity index (χ0n) is 10.5. The molecule has 0 aliphatic heterocycles. The largest absolute Gasteiger partial charge is 0.398 e. The van der Waals surface area contributed by atoms with E-state index in [1.807, 2.05) is 12.1 Å². The first-order chi connectivity index (χ1) is 8.29. The SMILES string of the molecule is CCSC1CCC(NCc2ccccc2N)C1. The molecule has 1 aliphatic carbocycles. The molecule has 1 aromatic rings. The maximum absolute atomic E-state index is 5.94. The smallest absolute Gasteiger partial charge is 0.0359 e. The number of anilines is 1. The van der Waals surface area contributed by atoms with Crippen molar-refractivity contribution in [3.63, 3.8) is 0 Å². The highest BCUT2D eigenvalue weighted by atomic mass is 32.2. The third kappa shape index (κ3) is 3.65. The molecule has 0 heterocycles. The second-order valence-corrected chi connectivity index (χ2v) is 6.24. The predicted octanol–water partition coefficient (Wildman–Crippen LogP) is 3.03. The fourth-order valence-electron chi connectivity index (χ4n) is 2.46. The summed E-state index contributed by atoms with van der Waals surface area (Å²) in [7, 11) is 0. The first-order valence-corrected chi connectivity index (χ1v) is 7.53. The Morgan fingerprint density at radius 2 is 2.18 bits per heavy atom. The predicted molar refractivity (Wildman–Crippen MR) is 77.3 cm³/mol. The van der Waals surface area contributed by atoms with Gasteiger partial charge in [-0.3, -0.25) is 0 Å². The molecule has 2 nitrogen and oxygen atoms in total. The molecular weight excluding hydrogens is 228 g/mol. The van der Waals surface area contributed by atoms with Gasteiger partial charge < -0.3 is 11.1 Å². The third-order valence-electron chi connectivity index (χ3n) is 3.42. The molecule has 1 saturated carbocycles. The monoisotopic (exact) mass is 250 g/mol. The summed E-state index contributed by atoms with van der Waals surface area (Å²) >= 11 is 2.10. The van der Waals surface area contributed by atoms with E-state index in [2.05, 4.69) is 36.1 Å². The highest BCUT2D eigenvalue weighted by Gasteiger charge is 2.23. The summed E-state index contributed by atoms with van der Waals surface area (Å²) in [5, 5.41) is 4.50. The molecule has 0 aromatic heterocycles. The van der Waals surface area contributed by atoms with Crippen molar-refractivity contribution in [3.05, 3.63) is 29.8 Å². The molecule has 94 valence electrons. The molecule has 2 rings (SSSR count). The minimum atomic E-state index is 0.679. The lowest BCUT2D eigenvalue weighted by molar-refractivity contribution is 0.525. The van der Waals surface area contributed by atoms with Crippen LogP contribution in [0, 0.1) is 0 Å². The molecule has 17 heavy (non-hydrogen) atoms. The van der Waals surface area contributed by atoms with Crippen LogP contribution in [0.2, 0.25) is 0 Å². The van der Waals surface area contributed by atoms with Crippen LogP contribution in [0.5, 0.6) is 0 Å². The highest BCUT2D eigenvalue weighted by Crippen LogP contribution is 2.29. The summed E-state index contributed by atoms with van der Waals surface area (Å²) in [6.07, 6.45) is 3.98. The molecule has 0 radical (unpaired) electrons. The molecule has 1 aromatic carbocycles. The molecule has 0 saturated heterocycles. The van der Waals surface area contributed by atoms with Gasteiger partial charge in [-0.15, -0.1) is 0 Å². The van der Waals surface area contributed by atoms with E-state index in [-0.39, 0.29) is 0 Å². The van der Waals surface area contributed by atoms with E-state index >= 15 is 0 Å². The van der Waals surface area contributed by atoms with Gasteiger partial charge in [-0.25, -0.2) is 0 Å². The maximum atomic E-state index is 5.94. The van der Waals surface area contributed by atoms with Gasteiger partial charge in [0.15, 0.2) is 0 Å². The van der Waals surface area contributed by atoms with Crippen LogP contribution in [-0.4, -0.2) is 17.0 Å². The van der Waals surface area contributed by atoms with Crippen molar-refractivity contribution in [2.75, 3.05) is 11.5 Å². The molecule has 1 fully saturated rings. The first kappa shape index (κ1) is 12.8. The van der Waals surface area contributed by atoms with Crippen LogP contribution in [0.25, 0.3) is 0 Å². The molecule has 0 amide bonds. The minimum absolute atomic E-state index is 0.679. The highest BCUT2D eigenvalue weighted by molar-refractivity contribution is 7.99. The molecule has 3 heteroatoms. The number of rotatable bonds is 5. The van der Waals surface area contributed by atoms with Gasteiger partial charge in [0.2, 0.25) is 0 Å². The second kappa shape index (κ2) is 6.31. The Kier molecular flexibility index (Phi) is 4.75. The fraction of sp³-hybridized carbons (Fsp3) is 0.571. The van der Waals surface area contributed by atoms with Gasteiger partial charge in [0, 0.05) is 23.5 Å². The van der Waals surface area contributed by atoms with E-state index < -0.39 is 0 Å². The van der Waals surface area contributed by atoms with Crippen LogP contribution in [0.3, 0.4) is 0 Å². The van der Waals surface area contributed by atoms with Gasteiger partial charge in [-0.1, -0.05) is 25.1 Å². The van der Waals surface area contributed by atoms with Crippen LogP contribution in [0.4, 0.5) is 5.69 Å². The summed E-state index contributed by atoms with van der Waals surface area (Å²) < 4.78 is 0. The summed E-state index contributed by atoms with van der Waals surface area (Å²) in [5.41, 5.74) is 8.06. The maximum Gasteiger partial charge on any atom is 0.0359 e. The van der Waals surface area contributed by atoms with E-state index in [0.29, 0.717) is 6.04 Å². The van der Waals surface area contributed by atoms with Crippen molar-refractivity contribution < 1.29 is 0 Å². The Morgan fingerprint density at radius 1 is 1.35 bits per heavy atom. The number of benzene rings is 1.